The molecule has 1 saturated heterocycles. The van der Waals surface area contributed by atoms with Gasteiger partial charge in [-0.1, -0.05) is 0 Å². The molecule has 9 heteroatoms. The molecule has 0 unspecified atom stereocenters. The average molecular weight is 331 g/mol. The van der Waals surface area contributed by atoms with Crippen LogP contribution in [0.1, 0.15) is 29.6 Å². The van der Waals surface area contributed by atoms with E-state index in [1.54, 1.807) is 4.90 Å². The number of nitrogens with zero attached hydrogens (tertiary/aromatic N) is 2. The molecule has 0 aliphatic carbocycles. The number of imide groups is 1. The first-order chi connectivity index (χ1) is 10.8. The van der Waals surface area contributed by atoms with E-state index in [1.807, 2.05) is 0 Å². The predicted octanol–water partition coefficient (Wildman–Crippen LogP) is 2.36. The molecule has 1 aromatic rings. The Labute approximate surface area is 130 Å². The lowest BCUT2D eigenvalue weighted by molar-refractivity contribution is -0.154. The van der Waals surface area contributed by atoms with Gasteiger partial charge in [-0.15, -0.1) is 0 Å². The van der Waals surface area contributed by atoms with Crippen molar-refractivity contribution < 1.29 is 27.5 Å². The minimum atomic E-state index is -4.46. The first kappa shape index (κ1) is 17.0. The quantitative estimate of drug-likeness (QED) is 0.923. The van der Waals surface area contributed by atoms with Crippen LogP contribution in [0.3, 0.4) is 0 Å². The largest absolute Gasteiger partial charge is 0.468 e. The molecule has 1 aliphatic heterocycles. The van der Waals surface area contributed by atoms with Gasteiger partial charge in [0.1, 0.15) is 0 Å². The summed E-state index contributed by atoms with van der Waals surface area (Å²) in [5, 5.41) is 2.23. The SMILES string of the molecule is O=C(NC(=O)N1CCCCC1)c1ccc(OCC(F)(F)F)nc1. The number of carbonyl (C=O) groups excluding carboxylic acids is 2. The second-order valence-electron chi connectivity index (χ2n) is 5.10. The van der Waals surface area contributed by atoms with Crippen LogP contribution in [0.5, 0.6) is 5.88 Å². The van der Waals surface area contributed by atoms with Crippen molar-refractivity contribution in [3.05, 3.63) is 23.9 Å². The molecule has 1 aromatic heterocycles. The normalized spacial score (nSPS) is 15.2. The van der Waals surface area contributed by atoms with Gasteiger partial charge in [0.15, 0.2) is 6.61 Å². The number of hydrogen-bond donors (Lipinski definition) is 1. The summed E-state index contributed by atoms with van der Waals surface area (Å²) >= 11 is 0. The van der Waals surface area contributed by atoms with Crippen LogP contribution in [0.25, 0.3) is 0 Å². The number of piperidine rings is 1. The zero-order valence-electron chi connectivity index (χ0n) is 12.2. The molecule has 126 valence electrons. The number of alkyl halides is 3. The molecule has 0 saturated carbocycles. The molecular formula is C14H16F3N3O3. The molecule has 6 nitrogen and oxygen atoms in total. The summed E-state index contributed by atoms with van der Waals surface area (Å²) in [6.07, 6.45) is -0.549. The summed E-state index contributed by atoms with van der Waals surface area (Å²) in [6.45, 7) is -0.262. The summed E-state index contributed by atoms with van der Waals surface area (Å²) in [6, 6.07) is 1.91. The summed E-state index contributed by atoms with van der Waals surface area (Å²) in [4.78, 5) is 29.0. The molecule has 0 atom stereocenters. The maximum atomic E-state index is 12.0. The van der Waals surface area contributed by atoms with Gasteiger partial charge in [0, 0.05) is 25.4 Å². The third kappa shape index (κ3) is 5.42. The van der Waals surface area contributed by atoms with E-state index >= 15 is 0 Å². The highest BCUT2D eigenvalue weighted by Gasteiger charge is 2.28. The van der Waals surface area contributed by atoms with Gasteiger partial charge in [-0.3, -0.25) is 10.1 Å². The minimum Gasteiger partial charge on any atom is -0.468 e. The van der Waals surface area contributed by atoms with Gasteiger partial charge in [0.25, 0.3) is 5.91 Å². The molecule has 1 aliphatic rings. The molecule has 1 fully saturated rings. The van der Waals surface area contributed by atoms with Crippen LogP contribution in [0, 0.1) is 0 Å². The Morgan fingerprint density at radius 3 is 2.48 bits per heavy atom. The van der Waals surface area contributed by atoms with E-state index in [2.05, 4.69) is 15.0 Å². The fraction of sp³-hybridized carbons (Fsp3) is 0.500. The van der Waals surface area contributed by atoms with Crippen LogP contribution in [0.2, 0.25) is 0 Å². The lowest BCUT2D eigenvalue weighted by Gasteiger charge is -2.26. The van der Waals surface area contributed by atoms with Gasteiger partial charge >= 0.3 is 12.2 Å². The van der Waals surface area contributed by atoms with Crippen molar-refractivity contribution in [2.45, 2.75) is 25.4 Å². The van der Waals surface area contributed by atoms with Crippen LogP contribution in [0.4, 0.5) is 18.0 Å². The number of halogens is 3. The maximum absolute atomic E-state index is 12.0. The Morgan fingerprint density at radius 1 is 1.22 bits per heavy atom. The van der Waals surface area contributed by atoms with Crippen LogP contribution in [-0.4, -0.2) is 47.7 Å². The number of urea groups is 1. The van der Waals surface area contributed by atoms with Crippen LogP contribution < -0.4 is 10.1 Å². The molecule has 0 radical (unpaired) electrons. The minimum absolute atomic E-state index is 0.0646. The molecule has 3 amide bonds. The molecule has 0 bridgehead atoms. The number of nitrogens with one attached hydrogen (secondary N) is 1. The Kier molecular flexibility index (Phi) is 5.41. The van der Waals surface area contributed by atoms with Gasteiger partial charge < -0.3 is 9.64 Å². The maximum Gasteiger partial charge on any atom is 0.422 e. The Hall–Kier alpha value is -2.32. The third-order valence-corrected chi connectivity index (χ3v) is 3.25. The van der Waals surface area contributed by atoms with Gasteiger partial charge in [0.05, 0.1) is 5.56 Å². The number of ether oxygens (including phenoxy) is 1. The fourth-order valence-electron chi connectivity index (χ4n) is 2.10. The second-order valence-corrected chi connectivity index (χ2v) is 5.10. The van der Waals surface area contributed by atoms with Crippen LogP contribution >= 0.6 is 0 Å². The molecule has 0 spiro atoms. The number of likely N-dealkylation sites (tertiary alicyclic amines) is 1. The number of hydrogen-bond acceptors (Lipinski definition) is 4. The van der Waals surface area contributed by atoms with E-state index in [0.29, 0.717) is 13.1 Å². The number of rotatable bonds is 3. The zero-order valence-corrected chi connectivity index (χ0v) is 12.2. The average Bonchev–Trinajstić information content (AvgIpc) is 2.53. The summed E-state index contributed by atoms with van der Waals surface area (Å²) < 4.78 is 40.5. The lowest BCUT2D eigenvalue weighted by atomic mass is 10.1. The lowest BCUT2D eigenvalue weighted by Crippen LogP contribution is -2.45. The van der Waals surface area contributed by atoms with Gasteiger partial charge in [-0.05, 0) is 25.3 Å². The molecule has 2 heterocycles. The Morgan fingerprint density at radius 2 is 1.91 bits per heavy atom. The second kappa shape index (κ2) is 7.30. The van der Waals surface area contributed by atoms with E-state index in [0.717, 1.165) is 31.5 Å². The highest BCUT2D eigenvalue weighted by atomic mass is 19.4. The van der Waals surface area contributed by atoms with Crippen molar-refractivity contribution in [2.24, 2.45) is 0 Å². The van der Waals surface area contributed by atoms with Crippen molar-refractivity contribution >= 4 is 11.9 Å². The Bertz CT molecular complexity index is 555. The number of amides is 3. The number of carbonyl (C=O) groups is 2. The van der Waals surface area contributed by atoms with Gasteiger partial charge in [-0.25, -0.2) is 9.78 Å². The number of pyridine rings is 1. The first-order valence-electron chi connectivity index (χ1n) is 7.11. The van der Waals surface area contributed by atoms with Crippen molar-refractivity contribution in [2.75, 3.05) is 19.7 Å². The van der Waals surface area contributed by atoms with Crippen molar-refractivity contribution in [3.63, 3.8) is 0 Å². The third-order valence-electron chi connectivity index (χ3n) is 3.25. The molecule has 1 N–H and O–H groups in total. The first-order valence-corrected chi connectivity index (χ1v) is 7.11. The van der Waals surface area contributed by atoms with Gasteiger partial charge in [-0.2, -0.15) is 13.2 Å². The predicted molar refractivity (Wildman–Crippen MR) is 74.1 cm³/mol. The zero-order chi connectivity index (χ0) is 16.9. The van der Waals surface area contributed by atoms with E-state index in [4.69, 9.17) is 0 Å². The molecular weight excluding hydrogens is 315 g/mol. The summed E-state index contributed by atoms with van der Waals surface area (Å²) in [5.74, 6) is -0.906. The topological polar surface area (TPSA) is 71.5 Å². The standard InChI is InChI=1S/C14H16F3N3O3/c15-14(16,17)9-23-11-5-4-10(8-18-11)12(21)19-13(22)20-6-2-1-3-7-20/h4-5,8H,1-3,6-7,9H2,(H,19,21,22). The van der Waals surface area contributed by atoms with Crippen molar-refractivity contribution in [1.82, 2.24) is 15.2 Å². The fourth-order valence-corrected chi connectivity index (χ4v) is 2.10. The van der Waals surface area contributed by atoms with Crippen LogP contribution in [-0.2, 0) is 0 Å². The van der Waals surface area contributed by atoms with Gasteiger partial charge in [0.2, 0.25) is 5.88 Å². The van der Waals surface area contributed by atoms with Crippen molar-refractivity contribution in [1.29, 1.82) is 0 Å². The molecule has 0 aromatic carbocycles. The highest BCUT2D eigenvalue weighted by molar-refractivity contribution is 6.04. The Balaban J connectivity index is 1.88. The van der Waals surface area contributed by atoms with E-state index in [1.165, 1.54) is 6.07 Å². The molecule has 23 heavy (non-hydrogen) atoms. The van der Waals surface area contributed by atoms with Crippen LogP contribution in [0.15, 0.2) is 18.3 Å². The number of aromatic nitrogens is 1. The smallest absolute Gasteiger partial charge is 0.422 e. The van der Waals surface area contributed by atoms with E-state index < -0.39 is 24.7 Å². The summed E-state index contributed by atoms with van der Waals surface area (Å²) in [7, 11) is 0. The van der Waals surface area contributed by atoms with E-state index in [-0.39, 0.29) is 11.4 Å². The monoisotopic (exact) mass is 331 g/mol. The van der Waals surface area contributed by atoms with Crippen molar-refractivity contribution in [3.8, 4) is 5.88 Å². The molecule has 2 rings (SSSR count). The highest BCUT2D eigenvalue weighted by Crippen LogP contribution is 2.17. The van der Waals surface area contributed by atoms with E-state index in [9.17, 15) is 22.8 Å². The summed E-state index contributed by atoms with van der Waals surface area (Å²) in [5.41, 5.74) is 0.0646.